The monoisotopic (exact) mass is 441 g/mol. The first kappa shape index (κ1) is 19.4. The predicted octanol–water partition coefficient (Wildman–Crippen LogP) is 6.93. The highest BCUT2D eigenvalue weighted by molar-refractivity contribution is 7.14. The molecule has 0 fully saturated rings. The topological polar surface area (TPSA) is 54.9 Å². The van der Waals surface area contributed by atoms with Crippen molar-refractivity contribution < 1.29 is 4.79 Å². The normalized spacial score (nSPS) is 10.9. The average molecular weight is 442 g/mol. The summed E-state index contributed by atoms with van der Waals surface area (Å²) in [7, 11) is 0. The number of hydrogen-bond acceptors (Lipinski definition) is 4. The molecule has 0 atom stereocenters. The SMILES string of the molecule is O=C(Nc1nc(-c2ccc(Cl)cc2)cs1)c1cc(-c2ccccc2)nc2ccccc12. The minimum atomic E-state index is -0.215. The molecule has 4 nitrogen and oxygen atoms in total. The molecule has 31 heavy (non-hydrogen) atoms. The number of amides is 1. The van der Waals surface area contributed by atoms with Gasteiger partial charge in [0.15, 0.2) is 5.13 Å². The molecule has 2 heterocycles. The maximum absolute atomic E-state index is 13.2. The van der Waals surface area contributed by atoms with Gasteiger partial charge in [0, 0.05) is 26.9 Å². The summed E-state index contributed by atoms with van der Waals surface area (Å²) in [5.74, 6) is -0.215. The number of fused-ring (bicyclic) bond motifs is 1. The first-order valence-corrected chi connectivity index (χ1v) is 10.9. The van der Waals surface area contributed by atoms with Crippen LogP contribution in [0.5, 0.6) is 0 Å². The van der Waals surface area contributed by atoms with Crippen LogP contribution in [-0.2, 0) is 0 Å². The molecule has 150 valence electrons. The van der Waals surface area contributed by atoms with Crippen LogP contribution in [0.3, 0.4) is 0 Å². The lowest BCUT2D eigenvalue weighted by molar-refractivity contribution is 0.102. The van der Waals surface area contributed by atoms with Gasteiger partial charge in [0.2, 0.25) is 0 Å². The first-order chi connectivity index (χ1) is 15.2. The van der Waals surface area contributed by atoms with Crippen LogP contribution in [-0.4, -0.2) is 15.9 Å². The third-order valence-corrected chi connectivity index (χ3v) is 5.90. The molecule has 0 aliphatic heterocycles. The van der Waals surface area contributed by atoms with Gasteiger partial charge in [-0.05, 0) is 24.3 Å². The fourth-order valence-corrected chi connectivity index (χ4v) is 4.21. The van der Waals surface area contributed by atoms with Gasteiger partial charge >= 0.3 is 0 Å². The van der Waals surface area contributed by atoms with E-state index >= 15 is 0 Å². The molecule has 0 aliphatic carbocycles. The molecular weight excluding hydrogens is 426 g/mol. The van der Waals surface area contributed by atoms with Gasteiger partial charge in [0.25, 0.3) is 5.91 Å². The molecule has 0 bridgehead atoms. The Hall–Kier alpha value is -3.54. The lowest BCUT2D eigenvalue weighted by Gasteiger charge is -2.09. The second-order valence-corrected chi connectivity index (χ2v) is 8.23. The van der Waals surface area contributed by atoms with Crippen molar-refractivity contribution in [1.82, 2.24) is 9.97 Å². The fraction of sp³-hybridized carbons (Fsp3) is 0. The number of nitrogens with one attached hydrogen (secondary N) is 1. The minimum absolute atomic E-state index is 0.215. The zero-order valence-electron chi connectivity index (χ0n) is 16.2. The number of para-hydroxylation sites is 1. The molecule has 0 unspecified atom stereocenters. The Bertz CT molecular complexity index is 1380. The third-order valence-electron chi connectivity index (χ3n) is 4.89. The molecular formula is C25H16ClN3OS. The van der Waals surface area contributed by atoms with Gasteiger partial charge < -0.3 is 0 Å². The smallest absolute Gasteiger partial charge is 0.258 e. The van der Waals surface area contributed by atoms with E-state index in [1.807, 2.05) is 90.3 Å². The molecule has 1 N–H and O–H groups in total. The summed E-state index contributed by atoms with van der Waals surface area (Å²) in [5.41, 5.74) is 4.79. The van der Waals surface area contributed by atoms with Gasteiger partial charge in [-0.15, -0.1) is 11.3 Å². The number of hydrogen-bond donors (Lipinski definition) is 1. The van der Waals surface area contributed by atoms with Crippen molar-refractivity contribution in [3.8, 4) is 22.5 Å². The van der Waals surface area contributed by atoms with E-state index < -0.39 is 0 Å². The molecule has 0 saturated carbocycles. The van der Waals surface area contributed by atoms with Crippen molar-refractivity contribution in [3.63, 3.8) is 0 Å². The molecule has 6 heteroatoms. The molecule has 0 aliphatic rings. The molecule has 0 saturated heterocycles. The van der Waals surface area contributed by atoms with Gasteiger partial charge in [0.1, 0.15) is 0 Å². The maximum Gasteiger partial charge on any atom is 0.258 e. The van der Waals surface area contributed by atoms with Crippen molar-refractivity contribution in [3.05, 3.63) is 101 Å². The zero-order valence-corrected chi connectivity index (χ0v) is 17.8. The van der Waals surface area contributed by atoms with Crippen LogP contribution >= 0.6 is 22.9 Å². The van der Waals surface area contributed by atoms with Crippen molar-refractivity contribution in [2.24, 2.45) is 0 Å². The highest BCUT2D eigenvalue weighted by Crippen LogP contribution is 2.28. The van der Waals surface area contributed by atoms with Gasteiger partial charge in [-0.25, -0.2) is 9.97 Å². The number of aromatic nitrogens is 2. The number of pyridine rings is 1. The highest BCUT2D eigenvalue weighted by atomic mass is 35.5. The Morgan fingerprint density at radius 2 is 1.52 bits per heavy atom. The fourth-order valence-electron chi connectivity index (χ4n) is 3.37. The number of anilines is 1. The van der Waals surface area contributed by atoms with E-state index in [1.54, 1.807) is 0 Å². The van der Waals surface area contributed by atoms with Crippen molar-refractivity contribution >= 4 is 44.9 Å². The average Bonchev–Trinajstić information content (AvgIpc) is 3.27. The van der Waals surface area contributed by atoms with E-state index in [0.717, 1.165) is 33.4 Å². The second-order valence-electron chi connectivity index (χ2n) is 6.94. The molecule has 2 aromatic heterocycles. The van der Waals surface area contributed by atoms with Crippen LogP contribution in [0.25, 0.3) is 33.4 Å². The van der Waals surface area contributed by atoms with Crippen LogP contribution in [0, 0.1) is 0 Å². The summed E-state index contributed by atoms with van der Waals surface area (Å²) >= 11 is 7.35. The van der Waals surface area contributed by atoms with Gasteiger partial charge in [0.05, 0.1) is 22.5 Å². The largest absolute Gasteiger partial charge is 0.298 e. The van der Waals surface area contributed by atoms with Crippen molar-refractivity contribution in [2.45, 2.75) is 0 Å². The summed E-state index contributed by atoms with van der Waals surface area (Å²) in [4.78, 5) is 22.5. The first-order valence-electron chi connectivity index (χ1n) is 9.65. The van der Waals surface area contributed by atoms with Crippen LogP contribution in [0.15, 0.2) is 90.3 Å². The van der Waals surface area contributed by atoms with Gasteiger partial charge in [-0.1, -0.05) is 72.3 Å². The molecule has 5 rings (SSSR count). The molecule has 1 amide bonds. The number of nitrogens with zero attached hydrogens (tertiary/aromatic N) is 2. The Kier molecular flexibility index (Phi) is 5.20. The molecule has 5 aromatic rings. The van der Waals surface area contributed by atoms with E-state index in [1.165, 1.54) is 11.3 Å². The Labute approximate surface area is 188 Å². The number of carbonyl (C=O) groups is 1. The number of benzene rings is 3. The Balaban J connectivity index is 1.49. The quantitative estimate of drug-likeness (QED) is 0.329. The highest BCUT2D eigenvalue weighted by Gasteiger charge is 2.16. The number of halogens is 1. The summed E-state index contributed by atoms with van der Waals surface area (Å²) in [6.07, 6.45) is 0. The summed E-state index contributed by atoms with van der Waals surface area (Å²) in [6, 6.07) is 26.8. The van der Waals surface area contributed by atoms with Crippen LogP contribution in [0.1, 0.15) is 10.4 Å². The van der Waals surface area contributed by atoms with E-state index in [0.29, 0.717) is 15.7 Å². The van der Waals surface area contributed by atoms with Gasteiger partial charge in [-0.2, -0.15) is 0 Å². The summed E-state index contributed by atoms with van der Waals surface area (Å²) in [6.45, 7) is 0. The third kappa shape index (κ3) is 4.06. The lowest BCUT2D eigenvalue weighted by Crippen LogP contribution is -2.13. The molecule has 0 spiro atoms. The van der Waals surface area contributed by atoms with Crippen molar-refractivity contribution in [2.75, 3.05) is 5.32 Å². The number of carbonyl (C=O) groups excluding carboxylic acids is 1. The number of rotatable bonds is 4. The maximum atomic E-state index is 13.2. The minimum Gasteiger partial charge on any atom is -0.298 e. The Morgan fingerprint density at radius 1 is 0.806 bits per heavy atom. The van der Waals surface area contributed by atoms with Gasteiger partial charge in [-0.3, -0.25) is 10.1 Å². The zero-order chi connectivity index (χ0) is 21.2. The van der Waals surface area contributed by atoms with Crippen LogP contribution in [0.2, 0.25) is 5.02 Å². The summed E-state index contributed by atoms with van der Waals surface area (Å²) in [5, 5.41) is 6.87. The van der Waals surface area contributed by atoms with Crippen molar-refractivity contribution in [1.29, 1.82) is 0 Å². The van der Waals surface area contributed by atoms with E-state index in [2.05, 4.69) is 10.3 Å². The predicted molar refractivity (Wildman–Crippen MR) is 128 cm³/mol. The molecule has 3 aromatic carbocycles. The standard InChI is InChI=1S/C25H16ClN3OS/c26-18-12-10-17(11-13-18)23-15-31-25(28-23)29-24(30)20-14-22(16-6-2-1-3-7-16)27-21-9-5-4-8-19(20)21/h1-15H,(H,28,29,30). The number of thiazole rings is 1. The van der Waals surface area contributed by atoms with E-state index in [9.17, 15) is 4.79 Å². The van der Waals surface area contributed by atoms with E-state index in [4.69, 9.17) is 16.6 Å². The van der Waals surface area contributed by atoms with Crippen LogP contribution < -0.4 is 5.32 Å². The Morgan fingerprint density at radius 3 is 2.32 bits per heavy atom. The second kappa shape index (κ2) is 8.30. The van der Waals surface area contributed by atoms with Crippen LogP contribution in [0.4, 0.5) is 5.13 Å². The molecule has 0 radical (unpaired) electrons. The lowest BCUT2D eigenvalue weighted by atomic mass is 10.0. The summed E-state index contributed by atoms with van der Waals surface area (Å²) < 4.78 is 0. The van der Waals surface area contributed by atoms with E-state index in [-0.39, 0.29) is 5.91 Å².